The Morgan fingerprint density at radius 3 is 2.00 bits per heavy atom. The van der Waals surface area contributed by atoms with Gasteiger partial charge in [-0.2, -0.15) is 0 Å². The number of rotatable bonds is 7. The first-order chi connectivity index (χ1) is 15.1. The monoisotopic (exact) mass is 423 g/mol. The lowest BCUT2D eigenvalue weighted by molar-refractivity contribution is -0.140. The Hall–Kier alpha value is -3.35. The fourth-order valence-corrected chi connectivity index (χ4v) is 3.58. The van der Waals surface area contributed by atoms with Crippen LogP contribution >= 0.6 is 0 Å². The Morgan fingerprint density at radius 1 is 0.871 bits per heavy atom. The number of alkyl carbamates (subject to hydrolysis) is 1. The molecule has 0 bridgehead atoms. The minimum absolute atomic E-state index is 0.0931. The van der Waals surface area contributed by atoms with Gasteiger partial charge in [-0.3, -0.25) is 9.59 Å². The number of nitrogens with zero attached hydrogens (tertiary/aromatic N) is 2. The summed E-state index contributed by atoms with van der Waals surface area (Å²) >= 11 is 0. The van der Waals surface area contributed by atoms with Crippen LogP contribution in [0.2, 0.25) is 0 Å². The Morgan fingerprint density at radius 2 is 1.42 bits per heavy atom. The van der Waals surface area contributed by atoms with Gasteiger partial charge in [0, 0.05) is 39.0 Å². The molecule has 0 radical (unpaired) electrons. The summed E-state index contributed by atoms with van der Waals surface area (Å²) < 4.78 is 5.32. The summed E-state index contributed by atoms with van der Waals surface area (Å²) in [4.78, 5) is 41.0. The first-order valence-electron chi connectivity index (χ1n) is 10.6. The normalized spacial score (nSPS) is 14.6. The third kappa shape index (κ3) is 6.57. The summed E-state index contributed by atoms with van der Waals surface area (Å²) in [5, 5.41) is 2.75. The van der Waals surface area contributed by atoms with Crippen molar-refractivity contribution in [3.63, 3.8) is 0 Å². The molecule has 0 saturated carbocycles. The highest BCUT2D eigenvalue weighted by atomic mass is 16.5. The van der Waals surface area contributed by atoms with Gasteiger partial charge < -0.3 is 19.9 Å². The molecule has 0 spiro atoms. The third-order valence-corrected chi connectivity index (χ3v) is 5.33. The zero-order chi connectivity index (χ0) is 22.1. The number of hydrogen-bond acceptors (Lipinski definition) is 4. The van der Waals surface area contributed by atoms with Gasteiger partial charge in [-0.1, -0.05) is 67.6 Å². The van der Waals surface area contributed by atoms with E-state index in [0.29, 0.717) is 39.0 Å². The topological polar surface area (TPSA) is 79.0 Å². The molecule has 1 heterocycles. The Labute approximate surface area is 183 Å². The predicted molar refractivity (Wildman–Crippen MR) is 117 cm³/mol. The lowest BCUT2D eigenvalue weighted by Gasteiger charge is -2.36. The van der Waals surface area contributed by atoms with Crippen molar-refractivity contribution in [2.75, 3.05) is 26.2 Å². The van der Waals surface area contributed by atoms with E-state index < -0.39 is 12.1 Å². The molecule has 3 amide bonds. The summed E-state index contributed by atoms with van der Waals surface area (Å²) in [5.74, 6) is -0.0698. The minimum atomic E-state index is -0.737. The second-order valence-corrected chi connectivity index (χ2v) is 7.51. The van der Waals surface area contributed by atoms with Crippen molar-refractivity contribution in [3.05, 3.63) is 71.8 Å². The lowest BCUT2D eigenvalue weighted by atomic mass is 10.0. The van der Waals surface area contributed by atoms with Gasteiger partial charge in [0.15, 0.2) is 0 Å². The summed E-state index contributed by atoms with van der Waals surface area (Å²) in [6.07, 6.45) is 0.200. The zero-order valence-corrected chi connectivity index (χ0v) is 17.8. The molecule has 1 saturated heterocycles. The average molecular weight is 424 g/mol. The number of nitrogens with one attached hydrogen (secondary N) is 1. The maximum Gasteiger partial charge on any atom is 0.408 e. The van der Waals surface area contributed by atoms with E-state index in [1.54, 1.807) is 9.80 Å². The van der Waals surface area contributed by atoms with E-state index >= 15 is 0 Å². The molecule has 1 N–H and O–H groups in total. The number of hydrogen-bond donors (Lipinski definition) is 1. The van der Waals surface area contributed by atoms with Crippen molar-refractivity contribution in [1.29, 1.82) is 0 Å². The SMILES string of the molecule is CCC(=O)N1CCN(C(=O)[C@H](Cc2ccccc2)NC(=O)OCc2ccccc2)CC1. The molecular weight excluding hydrogens is 394 g/mol. The fraction of sp³-hybridized carbons (Fsp3) is 0.375. The minimum Gasteiger partial charge on any atom is -0.445 e. The van der Waals surface area contributed by atoms with Crippen molar-refractivity contribution in [2.24, 2.45) is 0 Å². The zero-order valence-electron chi connectivity index (χ0n) is 17.8. The molecular formula is C24H29N3O4. The number of piperazine rings is 1. The van der Waals surface area contributed by atoms with Gasteiger partial charge in [-0.05, 0) is 11.1 Å². The van der Waals surface area contributed by atoms with Gasteiger partial charge in [0.05, 0.1) is 0 Å². The largest absolute Gasteiger partial charge is 0.445 e. The molecule has 2 aromatic carbocycles. The highest BCUT2D eigenvalue weighted by molar-refractivity contribution is 5.86. The van der Waals surface area contributed by atoms with E-state index in [4.69, 9.17) is 4.74 Å². The molecule has 164 valence electrons. The number of carbonyl (C=O) groups excluding carboxylic acids is 3. The second kappa shape index (κ2) is 11.2. The Bertz CT molecular complexity index is 865. The van der Waals surface area contributed by atoms with Crippen LogP contribution in [0.3, 0.4) is 0 Å². The van der Waals surface area contributed by atoms with Crippen LogP contribution in [0, 0.1) is 0 Å². The summed E-state index contributed by atoms with van der Waals surface area (Å²) in [5.41, 5.74) is 1.82. The maximum atomic E-state index is 13.2. The highest BCUT2D eigenvalue weighted by Crippen LogP contribution is 2.11. The van der Waals surface area contributed by atoms with Crippen LogP contribution < -0.4 is 5.32 Å². The van der Waals surface area contributed by atoms with E-state index in [1.807, 2.05) is 67.6 Å². The van der Waals surface area contributed by atoms with Crippen LogP contribution in [0.4, 0.5) is 4.79 Å². The van der Waals surface area contributed by atoms with Crippen LogP contribution in [0.1, 0.15) is 24.5 Å². The summed E-state index contributed by atoms with van der Waals surface area (Å²) in [6.45, 7) is 3.90. The van der Waals surface area contributed by atoms with Crippen LogP contribution in [0.15, 0.2) is 60.7 Å². The fourth-order valence-electron chi connectivity index (χ4n) is 3.58. The van der Waals surface area contributed by atoms with E-state index in [9.17, 15) is 14.4 Å². The van der Waals surface area contributed by atoms with Gasteiger partial charge in [-0.15, -0.1) is 0 Å². The summed E-state index contributed by atoms with van der Waals surface area (Å²) in [7, 11) is 0. The van der Waals surface area contributed by atoms with E-state index in [0.717, 1.165) is 11.1 Å². The van der Waals surface area contributed by atoms with Crippen LogP contribution in [-0.4, -0.2) is 59.9 Å². The predicted octanol–water partition coefficient (Wildman–Crippen LogP) is 2.60. The van der Waals surface area contributed by atoms with Crippen LogP contribution in [-0.2, 0) is 27.4 Å². The molecule has 1 aliphatic rings. The Balaban J connectivity index is 1.62. The van der Waals surface area contributed by atoms with Gasteiger partial charge in [0.1, 0.15) is 12.6 Å². The average Bonchev–Trinajstić information content (AvgIpc) is 2.83. The molecule has 1 aliphatic heterocycles. The molecule has 0 unspecified atom stereocenters. The molecule has 2 aromatic rings. The van der Waals surface area contributed by atoms with Crippen LogP contribution in [0.5, 0.6) is 0 Å². The number of amides is 3. The summed E-state index contributed by atoms with van der Waals surface area (Å²) in [6, 6.07) is 18.2. The van der Waals surface area contributed by atoms with Gasteiger partial charge >= 0.3 is 6.09 Å². The quantitative estimate of drug-likeness (QED) is 0.743. The molecule has 1 fully saturated rings. The molecule has 1 atom stereocenters. The molecule has 0 aliphatic carbocycles. The number of ether oxygens (including phenoxy) is 1. The lowest BCUT2D eigenvalue weighted by Crippen LogP contribution is -2.56. The molecule has 7 nitrogen and oxygen atoms in total. The van der Waals surface area contributed by atoms with Crippen molar-refractivity contribution < 1.29 is 19.1 Å². The molecule has 3 rings (SSSR count). The van der Waals surface area contributed by atoms with Gasteiger partial charge in [0.2, 0.25) is 11.8 Å². The van der Waals surface area contributed by atoms with Crippen molar-refractivity contribution in [3.8, 4) is 0 Å². The molecule has 0 aromatic heterocycles. The van der Waals surface area contributed by atoms with Crippen molar-refractivity contribution >= 4 is 17.9 Å². The van der Waals surface area contributed by atoms with Gasteiger partial charge in [-0.25, -0.2) is 4.79 Å². The number of benzene rings is 2. The highest BCUT2D eigenvalue weighted by Gasteiger charge is 2.30. The Kier molecular flexibility index (Phi) is 8.04. The van der Waals surface area contributed by atoms with Gasteiger partial charge in [0.25, 0.3) is 0 Å². The van der Waals surface area contributed by atoms with E-state index in [-0.39, 0.29) is 18.4 Å². The molecule has 31 heavy (non-hydrogen) atoms. The third-order valence-electron chi connectivity index (χ3n) is 5.33. The van der Waals surface area contributed by atoms with E-state index in [2.05, 4.69) is 5.32 Å². The maximum absolute atomic E-state index is 13.2. The number of carbonyl (C=O) groups is 3. The smallest absolute Gasteiger partial charge is 0.408 e. The molecule has 7 heteroatoms. The standard InChI is InChI=1S/C24H29N3O4/c1-2-22(28)26-13-15-27(16-14-26)23(29)21(17-19-9-5-3-6-10-19)25-24(30)31-18-20-11-7-4-8-12-20/h3-12,21H,2,13-18H2,1H3,(H,25,30)/t21-/m0/s1. The first kappa shape index (κ1) is 22.3. The first-order valence-corrected chi connectivity index (χ1v) is 10.6. The van der Waals surface area contributed by atoms with Crippen LogP contribution in [0.25, 0.3) is 0 Å². The second-order valence-electron chi connectivity index (χ2n) is 7.51. The van der Waals surface area contributed by atoms with Crippen molar-refractivity contribution in [1.82, 2.24) is 15.1 Å². The van der Waals surface area contributed by atoms with Crippen molar-refractivity contribution in [2.45, 2.75) is 32.4 Å². The van der Waals surface area contributed by atoms with E-state index in [1.165, 1.54) is 0 Å².